The molecule has 0 radical (unpaired) electrons. The Morgan fingerprint density at radius 1 is 1.27 bits per heavy atom. The van der Waals surface area contributed by atoms with E-state index in [-0.39, 0.29) is 47.7 Å². The first-order valence-corrected chi connectivity index (χ1v) is 11.8. The minimum Gasteiger partial charge on any atom is -0.302 e. The number of anilines is 1. The molecule has 1 N–H and O–H groups in total. The Hall–Kier alpha value is -3.14. The number of carbonyl (C=O) groups excluding carboxylic acids is 3. The molecule has 1 aromatic carbocycles. The third-order valence-corrected chi connectivity index (χ3v) is 8.18. The van der Waals surface area contributed by atoms with Crippen molar-refractivity contribution in [2.45, 2.75) is 46.5 Å². The third kappa shape index (κ3) is 3.92. The maximum atomic E-state index is 13.1. The van der Waals surface area contributed by atoms with Crippen molar-refractivity contribution in [1.29, 1.82) is 0 Å². The van der Waals surface area contributed by atoms with E-state index in [2.05, 4.69) is 10.3 Å². The fourth-order valence-corrected chi connectivity index (χ4v) is 5.65. The highest BCUT2D eigenvalue weighted by molar-refractivity contribution is 7.14. The van der Waals surface area contributed by atoms with Crippen LogP contribution in [0.5, 0.6) is 0 Å². The van der Waals surface area contributed by atoms with Gasteiger partial charge in [0.25, 0.3) is 5.69 Å². The number of non-ortho nitro benzene ring substituents is 1. The Balaban J connectivity index is 1.31. The summed E-state index contributed by atoms with van der Waals surface area (Å²) in [5, 5.41) is 15.7. The molecule has 1 saturated heterocycles. The molecule has 2 aliphatic rings. The Morgan fingerprint density at radius 3 is 2.64 bits per heavy atom. The van der Waals surface area contributed by atoms with Crippen molar-refractivity contribution in [3.8, 4) is 11.3 Å². The maximum Gasteiger partial charge on any atom is 0.269 e. The number of carbonyl (C=O) groups is 3. The molecule has 10 heteroatoms. The second-order valence-electron chi connectivity index (χ2n) is 9.43. The molecule has 2 heterocycles. The smallest absolute Gasteiger partial charge is 0.269 e. The lowest BCUT2D eigenvalue weighted by atomic mass is 9.62. The van der Waals surface area contributed by atoms with Crippen molar-refractivity contribution >= 4 is 39.9 Å². The fraction of sp³-hybridized carbons (Fsp3) is 0.478. The molecule has 2 unspecified atom stereocenters. The molecule has 0 spiro atoms. The molecule has 1 aliphatic carbocycles. The molecule has 4 rings (SSSR count). The van der Waals surface area contributed by atoms with Gasteiger partial charge in [0.05, 0.1) is 16.0 Å². The predicted octanol–water partition coefficient (Wildman–Crippen LogP) is 4.25. The summed E-state index contributed by atoms with van der Waals surface area (Å²) >= 11 is 1.26. The molecule has 2 bridgehead atoms. The van der Waals surface area contributed by atoms with Crippen LogP contribution in [0.1, 0.15) is 46.5 Å². The summed E-state index contributed by atoms with van der Waals surface area (Å²) in [6.45, 7) is 6.19. The number of fused-ring (bicyclic) bond motifs is 2. The number of nitro groups is 1. The molecule has 2 aromatic rings. The van der Waals surface area contributed by atoms with E-state index in [9.17, 15) is 24.5 Å². The van der Waals surface area contributed by atoms with Crippen LogP contribution in [0.3, 0.4) is 0 Å². The van der Waals surface area contributed by atoms with Gasteiger partial charge in [0.1, 0.15) is 0 Å². The summed E-state index contributed by atoms with van der Waals surface area (Å²) in [5.74, 6) is -0.638. The van der Waals surface area contributed by atoms with Crippen molar-refractivity contribution < 1.29 is 19.3 Å². The Kier molecular flexibility index (Phi) is 5.81. The van der Waals surface area contributed by atoms with Crippen molar-refractivity contribution in [1.82, 2.24) is 9.88 Å². The highest BCUT2D eigenvalue weighted by atomic mass is 32.1. The van der Waals surface area contributed by atoms with Gasteiger partial charge in [-0.3, -0.25) is 29.4 Å². The molecule has 1 aliphatic heterocycles. The Bertz CT molecular complexity index is 1130. The number of rotatable bonds is 7. The monoisotopic (exact) mass is 470 g/mol. The van der Waals surface area contributed by atoms with Gasteiger partial charge in [0, 0.05) is 42.0 Å². The average molecular weight is 471 g/mol. The number of aromatic nitrogens is 1. The van der Waals surface area contributed by atoms with Crippen LogP contribution in [0.2, 0.25) is 0 Å². The van der Waals surface area contributed by atoms with E-state index >= 15 is 0 Å². The summed E-state index contributed by atoms with van der Waals surface area (Å²) < 4.78 is 0. The van der Waals surface area contributed by atoms with Crippen LogP contribution >= 0.6 is 11.3 Å². The summed E-state index contributed by atoms with van der Waals surface area (Å²) in [7, 11) is 0. The number of amides is 3. The van der Waals surface area contributed by atoms with Gasteiger partial charge in [-0.25, -0.2) is 4.98 Å². The molecule has 2 fully saturated rings. The first-order chi connectivity index (χ1) is 15.5. The number of hydrogen-bond acceptors (Lipinski definition) is 7. The van der Waals surface area contributed by atoms with E-state index in [1.807, 2.05) is 20.8 Å². The fourth-order valence-electron chi connectivity index (χ4n) is 4.91. The number of nitro benzene ring substituents is 1. The largest absolute Gasteiger partial charge is 0.302 e. The Morgan fingerprint density at radius 2 is 1.97 bits per heavy atom. The molecule has 174 valence electrons. The number of imide groups is 1. The Labute approximate surface area is 195 Å². The van der Waals surface area contributed by atoms with Crippen molar-refractivity contribution in [2.24, 2.45) is 16.7 Å². The first-order valence-electron chi connectivity index (χ1n) is 10.9. The third-order valence-electron chi connectivity index (χ3n) is 7.42. The van der Waals surface area contributed by atoms with E-state index < -0.39 is 10.3 Å². The molecule has 33 heavy (non-hydrogen) atoms. The molecule has 2 atom stereocenters. The number of nitrogens with zero attached hydrogens (tertiary/aromatic N) is 3. The minimum atomic E-state index is -0.539. The zero-order valence-electron chi connectivity index (χ0n) is 18.8. The zero-order valence-corrected chi connectivity index (χ0v) is 19.6. The van der Waals surface area contributed by atoms with Gasteiger partial charge in [-0.1, -0.05) is 20.8 Å². The van der Waals surface area contributed by atoms with Crippen LogP contribution in [0.15, 0.2) is 29.6 Å². The second kappa shape index (κ2) is 8.33. The normalized spacial score (nSPS) is 23.6. The van der Waals surface area contributed by atoms with Gasteiger partial charge in [-0.05, 0) is 36.8 Å². The van der Waals surface area contributed by atoms with E-state index in [0.29, 0.717) is 29.2 Å². The molecular formula is C23H26N4O5S. The summed E-state index contributed by atoms with van der Waals surface area (Å²) in [6, 6.07) is 6.04. The number of nitrogens with one attached hydrogen (secondary N) is 1. The van der Waals surface area contributed by atoms with Gasteiger partial charge in [0.2, 0.25) is 17.7 Å². The molecule has 1 saturated carbocycles. The number of thiazole rings is 1. The van der Waals surface area contributed by atoms with Gasteiger partial charge >= 0.3 is 0 Å². The number of likely N-dealkylation sites (tertiary alicyclic amines) is 1. The number of benzene rings is 1. The van der Waals surface area contributed by atoms with Crippen molar-refractivity contribution in [3.05, 3.63) is 39.8 Å². The highest BCUT2D eigenvalue weighted by Gasteiger charge is 2.64. The number of hydrogen-bond donors (Lipinski definition) is 1. The standard InChI is InChI=1S/C23H26N4O5S/c1-22(2)16-10-11-23(22,3)20(30)26(19(16)29)12-4-5-18(28)25-21-24-17(13-33-21)14-6-8-15(9-7-14)27(31)32/h6-9,13,16H,4-5,10-12H2,1-3H3,(H,24,25,28). The van der Waals surface area contributed by atoms with Crippen molar-refractivity contribution in [3.63, 3.8) is 0 Å². The lowest BCUT2D eigenvalue weighted by Gasteiger charge is -2.47. The van der Waals surface area contributed by atoms with E-state index in [0.717, 1.165) is 6.42 Å². The minimum absolute atomic E-state index is 0.00117. The maximum absolute atomic E-state index is 13.1. The van der Waals surface area contributed by atoms with Crippen LogP contribution in [0.4, 0.5) is 10.8 Å². The highest BCUT2D eigenvalue weighted by Crippen LogP contribution is 2.60. The lowest BCUT2D eigenvalue weighted by molar-refractivity contribution is -0.384. The predicted molar refractivity (Wildman–Crippen MR) is 123 cm³/mol. The SMILES string of the molecule is CC12CCC(C(=O)N(CCCC(=O)Nc3nc(-c4ccc([N+](=O)[O-])cc4)cs3)C1=O)C2(C)C. The first kappa shape index (κ1) is 23.0. The molecule has 9 nitrogen and oxygen atoms in total. The molecule has 3 amide bonds. The molecular weight excluding hydrogens is 444 g/mol. The quantitative estimate of drug-likeness (QED) is 0.367. The van der Waals surface area contributed by atoms with Gasteiger partial charge in [-0.15, -0.1) is 11.3 Å². The lowest BCUT2D eigenvalue weighted by Crippen LogP contribution is -2.59. The summed E-state index contributed by atoms with van der Waals surface area (Å²) in [5.41, 5.74) is 0.440. The summed E-state index contributed by atoms with van der Waals surface area (Å²) in [4.78, 5) is 54.3. The zero-order chi connectivity index (χ0) is 24.0. The molecule has 1 aromatic heterocycles. The van der Waals surface area contributed by atoms with Crippen LogP contribution in [-0.4, -0.2) is 39.1 Å². The number of piperidine rings is 1. The van der Waals surface area contributed by atoms with Gasteiger partial charge in [0.15, 0.2) is 5.13 Å². The van der Waals surface area contributed by atoms with E-state index in [1.54, 1.807) is 17.5 Å². The average Bonchev–Trinajstić information content (AvgIpc) is 3.30. The summed E-state index contributed by atoms with van der Waals surface area (Å²) in [6.07, 6.45) is 1.99. The van der Waals surface area contributed by atoms with Crippen LogP contribution in [-0.2, 0) is 14.4 Å². The topological polar surface area (TPSA) is 123 Å². The second-order valence-corrected chi connectivity index (χ2v) is 10.3. The van der Waals surface area contributed by atoms with E-state index in [1.165, 1.54) is 28.4 Å². The van der Waals surface area contributed by atoms with Crippen LogP contribution < -0.4 is 5.32 Å². The van der Waals surface area contributed by atoms with Gasteiger partial charge < -0.3 is 5.32 Å². The van der Waals surface area contributed by atoms with E-state index in [4.69, 9.17) is 0 Å². The van der Waals surface area contributed by atoms with Gasteiger partial charge in [-0.2, -0.15) is 0 Å². The van der Waals surface area contributed by atoms with Crippen molar-refractivity contribution in [2.75, 3.05) is 11.9 Å². The van der Waals surface area contributed by atoms with Crippen LogP contribution in [0.25, 0.3) is 11.3 Å². The van der Waals surface area contributed by atoms with Crippen LogP contribution in [0, 0.1) is 26.9 Å².